The minimum atomic E-state index is -0.389. The van der Waals surface area contributed by atoms with E-state index in [1.807, 2.05) is 13.8 Å². The molecule has 300 valence electrons. The minimum Gasteiger partial charge on any atom is -0.513 e. The molecule has 10 atom stereocenters. The number of ether oxygens (including phenoxy) is 1. The van der Waals surface area contributed by atoms with Gasteiger partial charge in [-0.1, -0.05) is 79.3 Å². The monoisotopic (exact) mass is 743 g/mol. The summed E-state index contributed by atoms with van der Waals surface area (Å²) >= 11 is 0. The summed E-state index contributed by atoms with van der Waals surface area (Å²) in [5.74, 6) is 2.85. The normalized spacial score (nSPS) is 38.2. The Morgan fingerprint density at radius 1 is 0.870 bits per heavy atom. The molecule has 0 aromatic heterocycles. The molecule has 0 heterocycles. The number of allylic oxidation sites excluding steroid dienone is 2. The Balaban J connectivity index is 1.19. The second-order valence-corrected chi connectivity index (χ2v) is 21.5. The summed E-state index contributed by atoms with van der Waals surface area (Å²) < 4.78 is 6.37. The van der Waals surface area contributed by atoms with Crippen LogP contribution in [0.5, 0.6) is 0 Å². The number of hydrogen-bond acceptors (Lipinski definition) is 5. The van der Waals surface area contributed by atoms with Gasteiger partial charge in [-0.25, -0.2) is 0 Å². The lowest BCUT2D eigenvalue weighted by Gasteiger charge is -2.73. The third-order valence-corrected chi connectivity index (χ3v) is 17.2. The second-order valence-electron chi connectivity index (χ2n) is 21.5. The van der Waals surface area contributed by atoms with Gasteiger partial charge >= 0.3 is 5.97 Å². The Labute approximate surface area is 328 Å². The first-order chi connectivity index (χ1) is 25.1. The zero-order chi connectivity index (χ0) is 39.6. The van der Waals surface area contributed by atoms with E-state index in [-0.39, 0.29) is 62.7 Å². The smallest absolute Gasteiger partial charge is 0.306 e. The Morgan fingerprint density at radius 3 is 2.19 bits per heavy atom. The lowest BCUT2D eigenvalue weighted by Crippen LogP contribution is -2.67. The highest BCUT2D eigenvalue weighted by atomic mass is 16.5. The number of nitrogens with one attached hydrogen (secondary N) is 1. The maximum absolute atomic E-state index is 13.9. The van der Waals surface area contributed by atoms with E-state index in [9.17, 15) is 14.7 Å². The zero-order valence-corrected chi connectivity index (χ0v) is 35.7. The number of carbonyl (C=O) groups excluding carboxylic acids is 2. The summed E-state index contributed by atoms with van der Waals surface area (Å²) in [5.41, 5.74) is 3.76. The molecule has 0 aliphatic heterocycles. The van der Waals surface area contributed by atoms with E-state index in [1.165, 1.54) is 43.4 Å². The lowest BCUT2D eigenvalue weighted by molar-refractivity contribution is -0.250. The van der Waals surface area contributed by atoms with Crippen LogP contribution in [-0.4, -0.2) is 37.2 Å². The van der Waals surface area contributed by atoms with E-state index < -0.39 is 0 Å². The van der Waals surface area contributed by atoms with Crippen LogP contribution in [-0.2, 0) is 20.9 Å². The SMILES string of the molecule is C=C(O)CC(C)(C)CC(=O)OC1CC[C@@]2(C)C(CC[C@]3(C)C2CC[C@@H]2C4C(C(=C)C)CC[C@]4(CC(=O)NCc4ccc(N(C)C)cc4)CC[C@]23C)C1(C)C. The average Bonchev–Trinajstić information content (AvgIpc) is 3.44. The first kappa shape index (κ1) is 40.9. The minimum absolute atomic E-state index is 0.0415. The fourth-order valence-electron chi connectivity index (χ4n) is 14.5. The van der Waals surface area contributed by atoms with Crippen LogP contribution in [0.3, 0.4) is 0 Å². The third kappa shape index (κ3) is 6.97. The van der Waals surface area contributed by atoms with E-state index >= 15 is 0 Å². The van der Waals surface area contributed by atoms with E-state index in [2.05, 4.69) is 103 Å². The number of amides is 1. The van der Waals surface area contributed by atoms with E-state index in [4.69, 9.17) is 4.74 Å². The molecule has 6 nitrogen and oxygen atoms in total. The molecule has 0 saturated heterocycles. The molecule has 2 N–H and O–H groups in total. The predicted octanol–water partition coefficient (Wildman–Crippen LogP) is 11.2. The van der Waals surface area contributed by atoms with Gasteiger partial charge in [0.25, 0.3) is 0 Å². The van der Waals surface area contributed by atoms with Gasteiger partial charge in [0.15, 0.2) is 0 Å². The van der Waals surface area contributed by atoms with Crippen molar-refractivity contribution in [2.45, 2.75) is 152 Å². The lowest BCUT2D eigenvalue weighted by atomic mass is 9.32. The number of nitrogens with zero attached hydrogens (tertiary/aromatic N) is 1. The highest BCUT2D eigenvalue weighted by Gasteiger charge is 2.71. The van der Waals surface area contributed by atoms with Gasteiger partial charge in [-0.15, -0.1) is 0 Å². The highest BCUT2D eigenvalue weighted by molar-refractivity contribution is 5.77. The van der Waals surface area contributed by atoms with Gasteiger partial charge in [-0.05, 0) is 145 Å². The molecule has 5 saturated carbocycles. The van der Waals surface area contributed by atoms with E-state index in [1.54, 1.807) is 0 Å². The molecule has 1 aromatic rings. The van der Waals surface area contributed by atoms with Crippen LogP contribution in [0.2, 0.25) is 0 Å². The molecule has 0 bridgehead atoms. The maximum Gasteiger partial charge on any atom is 0.306 e. The molecule has 6 rings (SSSR count). The van der Waals surface area contributed by atoms with Crippen LogP contribution < -0.4 is 10.2 Å². The van der Waals surface area contributed by atoms with Crippen molar-refractivity contribution in [3.8, 4) is 0 Å². The van der Waals surface area contributed by atoms with Gasteiger partial charge in [-0.3, -0.25) is 9.59 Å². The molecule has 1 aromatic carbocycles. The Bertz CT molecular complexity index is 1610. The number of carbonyl (C=O) groups is 2. The molecule has 6 heteroatoms. The van der Waals surface area contributed by atoms with Crippen LogP contribution in [0.25, 0.3) is 0 Å². The number of hydrogen-bond donors (Lipinski definition) is 2. The van der Waals surface area contributed by atoms with E-state index in [0.717, 1.165) is 37.7 Å². The second kappa shape index (κ2) is 14.3. The van der Waals surface area contributed by atoms with Crippen LogP contribution in [0.4, 0.5) is 5.69 Å². The number of esters is 1. The molecule has 5 unspecified atom stereocenters. The fourth-order valence-corrected chi connectivity index (χ4v) is 14.5. The highest BCUT2D eigenvalue weighted by Crippen LogP contribution is 2.78. The number of anilines is 1. The first-order valence-corrected chi connectivity index (χ1v) is 21.3. The first-order valence-electron chi connectivity index (χ1n) is 21.3. The molecule has 0 radical (unpaired) electrons. The fraction of sp³-hybridized carbons (Fsp3) is 0.750. The van der Waals surface area contributed by atoms with Crippen LogP contribution >= 0.6 is 0 Å². The average molecular weight is 743 g/mol. The Hall–Kier alpha value is -2.76. The standard InChI is InChI=1S/C48H74N2O4/c1-31(2)35-19-24-48(28-40(52)49-30-33-13-15-34(16-14-33)50(11)12)26-25-46(9)36(42(35)48)17-18-38-45(8)22-21-39(44(6,7)37(45)20-23-47(38,46)10)54-41(53)29-43(4,5)27-32(3)51/h13-16,35-39,42,51H,1,3,17-30H2,2,4-12H3,(H,49,52)/t35?,36-,37?,38?,39?,42?,45+,46-,47-,48-/m1/s1. The number of rotatable bonds is 11. The molecule has 5 aliphatic rings. The zero-order valence-electron chi connectivity index (χ0n) is 35.7. The van der Waals surface area contributed by atoms with Crippen molar-refractivity contribution in [1.82, 2.24) is 5.32 Å². The summed E-state index contributed by atoms with van der Waals surface area (Å²) in [6.07, 6.45) is 12.7. The Kier molecular flexibility index (Phi) is 10.8. The van der Waals surface area contributed by atoms with Crippen LogP contribution in [0, 0.1) is 62.1 Å². The van der Waals surface area contributed by atoms with Gasteiger partial charge < -0.3 is 20.1 Å². The topological polar surface area (TPSA) is 78.9 Å². The molecule has 1 amide bonds. The maximum atomic E-state index is 13.9. The number of benzene rings is 1. The number of fused-ring (bicyclic) bond motifs is 7. The predicted molar refractivity (Wildman–Crippen MR) is 221 cm³/mol. The van der Waals surface area contributed by atoms with Gasteiger partial charge in [0.05, 0.1) is 12.2 Å². The Morgan fingerprint density at radius 2 is 1.56 bits per heavy atom. The van der Waals surface area contributed by atoms with Gasteiger partial charge in [-0.2, -0.15) is 0 Å². The summed E-state index contributed by atoms with van der Waals surface area (Å²) in [6.45, 7) is 27.8. The van der Waals surface area contributed by atoms with Gasteiger partial charge in [0.2, 0.25) is 5.91 Å². The number of aliphatic hydroxyl groups excluding tert-OH is 1. The quantitative estimate of drug-likeness (QED) is 0.134. The summed E-state index contributed by atoms with van der Waals surface area (Å²) in [4.78, 5) is 29.3. The summed E-state index contributed by atoms with van der Waals surface area (Å²) in [6, 6.07) is 8.51. The van der Waals surface area contributed by atoms with Gasteiger partial charge in [0.1, 0.15) is 6.10 Å². The van der Waals surface area contributed by atoms with Crippen molar-refractivity contribution >= 4 is 17.6 Å². The molecule has 0 spiro atoms. The van der Waals surface area contributed by atoms with Crippen LogP contribution in [0.1, 0.15) is 144 Å². The van der Waals surface area contributed by atoms with Crippen molar-refractivity contribution < 1.29 is 19.4 Å². The largest absolute Gasteiger partial charge is 0.513 e. The molecule has 54 heavy (non-hydrogen) atoms. The van der Waals surface area contributed by atoms with Crippen molar-refractivity contribution in [3.63, 3.8) is 0 Å². The summed E-state index contributed by atoms with van der Waals surface area (Å²) in [7, 11) is 4.10. The van der Waals surface area contributed by atoms with E-state index in [0.29, 0.717) is 49.0 Å². The van der Waals surface area contributed by atoms with Crippen molar-refractivity contribution in [2.75, 3.05) is 19.0 Å². The van der Waals surface area contributed by atoms with Crippen molar-refractivity contribution in [1.29, 1.82) is 0 Å². The van der Waals surface area contributed by atoms with Crippen LogP contribution in [0.15, 0.2) is 48.8 Å². The summed E-state index contributed by atoms with van der Waals surface area (Å²) in [5, 5.41) is 13.1. The van der Waals surface area contributed by atoms with Crippen molar-refractivity contribution in [2.24, 2.45) is 62.1 Å². The third-order valence-electron chi connectivity index (χ3n) is 17.2. The number of aliphatic hydroxyl groups is 1. The molecular weight excluding hydrogens is 669 g/mol. The van der Waals surface area contributed by atoms with Crippen molar-refractivity contribution in [3.05, 3.63) is 54.3 Å². The molecule has 5 fully saturated rings. The molecule has 5 aliphatic carbocycles. The van der Waals surface area contributed by atoms with Gasteiger partial charge in [0, 0.05) is 44.6 Å². The molecular formula is C48H74N2O4.